The molecule has 1 aromatic heterocycles. The van der Waals surface area contributed by atoms with Crippen LogP contribution in [0.1, 0.15) is 57.3 Å². The second-order valence-electron chi connectivity index (χ2n) is 6.77. The molecular weight excluding hydrogens is 236 g/mol. The van der Waals surface area contributed by atoms with Crippen molar-refractivity contribution in [1.29, 1.82) is 0 Å². The molecule has 3 heteroatoms. The first-order chi connectivity index (χ1) is 8.92. The van der Waals surface area contributed by atoms with Crippen LogP contribution < -0.4 is 10.9 Å². The summed E-state index contributed by atoms with van der Waals surface area (Å²) >= 11 is 0. The molecule has 0 saturated heterocycles. The average molecular weight is 262 g/mol. The topological polar surface area (TPSA) is 34.0 Å². The standard InChI is InChI=1S/C16H26N2O/c1-16(2,3)10-11-18-14-7-5-6-13(17-4)12(14)8-9-15(18)19/h8-9,13,17H,5-7,10-11H2,1-4H3. The van der Waals surface area contributed by atoms with Gasteiger partial charge in [0.2, 0.25) is 0 Å². The molecule has 19 heavy (non-hydrogen) atoms. The zero-order chi connectivity index (χ0) is 14.0. The number of aromatic nitrogens is 1. The second-order valence-corrected chi connectivity index (χ2v) is 6.77. The molecule has 1 heterocycles. The first kappa shape index (κ1) is 14.3. The highest BCUT2D eigenvalue weighted by Gasteiger charge is 2.22. The van der Waals surface area contributed by atoms with Crippen LogP contribution in [-0.2, 0) is 13.0 Å². The molecular formula is C16H26N2O. The van der Waals surface area contributed by atoms with Crippen molar-refractivity contribution in [2.24, 2.45) is 5.41 Å². The first-order valence-electron chi connectivity index (χ1n) is 7.32. The van der Waals surface area contributed by atoms with Crippen molar-refractivity contribution in [3.63, 3.8) is 0 Å². The molecule has 1 aliphatic rings. The van der Waals surface area contributed by atoms with Gasteiger partial charge in [0.1, 0.15) is 0 Å². The van der Waals surface area contributed by atoms with Gasteiger partial charge in [-0.05, 0) is 43.7 Å². The maximum Gasteiger partial charge on any atom is 0.250 e. The molecule has 0 bridgehead atoms. The van der Waals surface area contributed by atoms with Crippen LogP contribution in [-0.4, -0.2) is 11.6 Å². The molecule has 106 valence electrons. The normalized spacial score (nSPS) is 19.3. The molecule has 0 aliphatic heterocycles. The molecule has 1 atom stereocenters. The van der Waals surface area contributed by atoms with Crippen LogP contribution in [0, 0.1) is 5.41 Å². The predicted octanol–water partition coefficient (Wildman–Crippen LogP) is 2.88. The monoisotopic (exact) mass is 262 g/mol. The molecule has 1 unspecified atom stereocenters. The van der Waals surface area contributed by atoms with Gasteiger partial charge in [0.25, 0.3) is 5.56 Å². The van der Waals surface area contributed by atoms with Gasteiger partial charge in [-0.2, -0.15) is 0 Å². The molecule has 0 fully saturated rings. The summed E-state index contributed by atoms with van der Waals surface area (Å²) in [6.45, 7) is 7.51. The number of hydrogen-bond donors (Lipinski definition) is 1. The fraction of sp³-hybridized carbons (Fsp3) is 0.688. The van der Waals surface area contributed by atoms with Gasteiger partial charge in [-0.3, -0.25) is 4.79 Å². The van der Waals surface area contributed by atoms with Gasteiger partial charge in [-0.1, -0.05) is 26.8 Å². The van der Waals surface area contributed by atoms with Crippen LogP contribution in [0.15, 0.2) is 16.9 Å². The maximum atomic E-state index is 12.1. The van der Waals surface area contributed by atoms with Crippen LogP contribution in [0.25, 0.3) is 0 Å². The lowest BCUT2D eigenvalue weighted by molar-refractivity contribution is 0.341. The Morgan fingerprint density at radius 2 is 2.11 bits per heavy atom. The molecule has 3 nitrogen and oxygen atoms in total. The van der Waals surface area contributed by atoms with Gasteiger partial charge >= 0.3 is 0 Å². The number of pyridine rings is 1. The van der Waals surface area contributed by atoms with E-state index in [-0.39, 0.29) is 11.0 Å². The fourth-order valence-electron chi connectivity index (χ4n) is 2.85. The highest BCUT2D eigenvalue weighted by molar-refractivity contribution is 5.27. The molecule has 0 radical (unpaired) electrons. The molecule has 1 aliphatic carbocycles. The van der Waals surface area contributed by atoms with Gasteiger partial charge < -0.3 is 9.88 Å². The summed E-state index contributed by atoms with van der Waals surface area (Å²) in [7, 11) is 2.00. The number of fused-ring (bicyclic) bond motifs is 1. The number of hydrogen-bond acceptors (Lipinski definition) is 2. The van der Waals surface area contributed by atoms with Gasteiger partial charge in [0, 0.05) is 24.3 Å². The van der Waals surface area contributed by atoms with Crippen molar-refractivity contribution in [3.05, 3.63) is 33.7 Å². The van der Waals surface area contributed by atoms with Gasteiger partial charge in [0.15, 0.2) is 0 Å². The SMILES string of the molecule is CNC1CCCc2c1ccc(=O)n2CCC(C)(C)C. The van der Waals surface area contributed by atoms with E-state index in [1.165, 1.54) is 17.7 Å². The minimum atomic E-state index is 0.153. The van der Waals surface area contributed by atoms with Crippen LogP contribution in [0.4, 0.5) is 0 Å². The van der Waals surface area contributed by atoms with Crippen molar-refractivity contribution in [1.82, 2.24) is 9.88 Å². The second kappa shape index (κ2) is 5.49. The summed E-state index contributed by atoms with van der Waals surface area (Å²) in [6, 6.07) is 4.16. The number of nitrogens with zero attached hydrogens (tertiary/aromatic N) is 1. The summed E-state index contributed by atoms with van der Waals surface area (Å²) in [6.07, 6.45) is 4.40. The van der Waals surface area contributed by atoms with Crippen molar-refractivity contribution in [2.45, 2.75) is 59.0 Å². The smallest absolute Gasteiger partial charge is 0.250 e. The van der Waals surface area contributed by atoms with Crippen molar-refractivity contribution in [3.8, 4) is 0 Å². The average Bonchev–Trinajstić information content (AvgIpc) is 2.35. The van der Waals surface area contributed by atoms with Gasteiger partial charge in [0.05, 0.1) is 0 Å². The van der Waals surface area contributed by atoms with Crippen molar-refractivity contribution in [2.75, 3.05) is 7.05 Å². The van der Waals surface area contributed by atoms with E-state index >= 15 is 0 Å². The lowest BCUT2D eigenvalue weighted by Crippen LogP contribution is -2.31. The lowest BCUT2D eigenvalue weighted by Gasteiger charge is -2.28. The summed E-state index contributed by atoms with van der Waals surface area (Å²) in [5.74, 6) is 0. The third-order valence-electron chi connectivity index (χ3n) is 4.05. The minimum absolute atomic E-state index is 0.153. The Kier molecular flexibility index (Phi) is 4.14. The van der Waals surface area contributed by atoms with E-state index in [4.69, 9.17) is 0 Å². The molecule has 0 spiro atoms. The van der Waals surface area contributed by atoms with E-state index < -0.39 is 0 Å². The first-order valence-corrected chi connectivity index (χ1v) is 7.32. The predicted molar refractivity (Wildman–Crippen MR) is 79.5 cm³/mol. The fourth-order valence-corrected chi connectivity index (χ4v) is 2.85. The zero-order valence-corrected chi connectivity index (χ0v) is 12.6. The Balaban J connectivity index is 2.35. The zero-order valence-electron chi connectivity index (χ0n) is 12.6. The van der Waals surface area contributed by atoms with E-state index in [0.29, 0.717) is 6.04 Å². The minimum Gasteiger partial charge on any atom is -0.313 e. The van der Waals surface area contributed by atoms with E-state index in [1.54, 1.807) is 6.07 Å². The van der Waals surface area contributed by atoms with Crippen LogP contribution in [0.3, 0.4) is 0 Å². The van der Waals surface area contributed by atoms with Crippen LogP contribution >= 0.6 is 0 Å². The van der Waals surface area contributed by atoms with Gasteiger partial charge in [-0.25, -0.2) is 0 Å². The summed E-state index contributed by atoms with van der Waals surface area (Å²) in [5.41, 5.74) is 2.99. The molecule has 0 amide bonds. The third kappa shape index (κ3) is 3.27. The maximum absolute atomic E-state index is 12.1. The Hall–Kier alpha value is -1.09. The summed E-state index contributed by atoms with van der Waals surface area (Å²) in [4.78, 5) is 12.1. The Morgan fingerprint density at radius 1 is 1.37 bits per heavy atom. The van der Waals surface area contributed by atoms with E-state index in [9.17, 15) is 4.79 Å². The molecule has 0 saturated carbocycles. The molecule has 1 aromatic rings. The highest BCUT2D eigenvalue weighted by Crippen LogP contribution is 2.29. The lowest BCUT2D eigenvalue weighted by atomic mass is 9.89. The van der Waals surface area contributed by atoms with Gasteiger partial charge in [-0.15, -0.1) is 0 Å². The summed E-state index contributed by atoms with van der Waals surface area (Å²) < 4.78 is 2.00. The third-order valence-corrected chi connectivity index (χ3v) is 4.05. The van der Waals surface area contributed by atoms with E-state index in [1.807, 2.05) is 17.7 Å². The van der Waals surface area contributed by atoms with E-state index in [0.717, 1.165) is 25.8 Å². The van der Waals surface area contributed by atoms with E-state index in [2.05, 4.69) is 26.1 Å². The Labute approximate surface area is 116 Å². The number of rotatable bonds is 3. The van der Waals surface area contributed by atoms with Crippen LogP contribution in [0.2, 0.25) is 0 Å². The Bertz CT molecular complexity index is 496. The van der Waals surface area contributed by atoms with Crippen LogP contribution in [0.5, 0.6) is 0 Å². The molecule has 1 N–H and O–H groups in total. The highest BCUT2D eigenvalue weighted by atomic mass is 16.1. The molecule has 2 rings (SSSR count). The number of nitrogens with one attached hydrogen (secondary N) is 1. The quantitative estimate of drug-likeness (QED) is 0.909. The largest absolute Gasteiger partial charge is 0.313 e. The van der Waals surface area contributed by atoms with Crippen molar-refractivity contribution < 1.29 is 0 Å². The van der Waals surface area contributed by atoms with Crippen molar-refractivity contribution >= 4 is 0 Å². The molecule has 0 aromatic carbocycles. The summed E-state index contributed by atoms with van der Waals surface area (Å²) in [5, 5.41) is 3.36. The Morgan fingerprint density at radius 3 is 2.74 bits per heavy atom.